The zero-order valence-corrected chi connectivity index (χ0v) is 11.1. The molecular weight excluding hydrogens is 260 g/mol. The summed E-state index contributed by atoms with van der Waals surface area (Å²) >= 11 is 0. The van der Waals surface area contributed by atoms with Crippen molar-refractivity contribution in [1.29, 1.82) is 0 Å². The van der Waals surface area contributed by atoms with Gasteiger partial charge in [0, 0.05) is 38.1 Å². The molecule has 20 heavy (non-hydrogen) atoms. The normalized spacial score (nSPS) is 10.1. The first kappa shape index (κ1) is 13.6. The van der Waals surface area contributed by atoms with Gasteiger partial charge in [0.05, 0.1) is 4.92 Å². The number of hydrogen-bond acceptors (Lipinski definition) is 4. The van der Waals surface area contributed by atoms with Gasteiger partial charge in [-0.25, -0.2) is 0 Å². The number of nitrogens with one attached hydrogen (secondary N) is 1. The highest BCUT2D eigenvalue weighted by Gasteiger charge is 2.18. The van der Waals surface area contributed by atoms with Crippen LogP contribution in [0.4, 0.5) is 11.4 Å². The number of aromatic nitrogens is 1. The number of amides is 1. The Morgan fingerprint density at radius 3 is 2.50 bits per heavy atom. The second-order valence-corrected chi connectivity index (χ2v) is 4.39. The molecule has 0 spiro atoms. The minimum absolute atomic E-state index is 0.147. The Hall–Kier alpha value is -2.83. The molecule has 104 valence electrons. The van der Waals surface area contributed by atoms with Crippen LogP contribution in [0.5, 0.6) is 0 Å². The fourth-order valence-corrected chi connectivity index (χ4v) is 1.72. The van der Waals surface area contributed by atoms with Gasteiger partial charge in [-0.05, 0) is 24.3 Å². The first-order valence-electron chi connectivity index (χ1n) is 5.89. The van der Waals surface area contributed by atoms with Gasteiger partial charge in [0.1, 0.15) is 5.69 Å². The number of hydrogen-bond donors (Lipinski definition) is 1. The smallest absolute Gasteiger partial charge is 0.294 e. The van der Waals surface area contributed by atoms with E-state index in [1.807, 2.05) is 0 Å². The topological polar surface area (TPSA) is 80.4 Å². The quantitative estimate of drug-likeness (QED) is 0.682. The largest absolute Gasteiger partial charge is 0.345 e. The molecule has 0 saturated heterocycles. The monoisotopic (exact) mass is 274 g/mol. The molecule has 2 rings (SSSR count). The number of carbonyl (C=O) groups excluding carboxylic acids is 1. The third-order valence-corrected chi connectivity index (χ3v) is 2.70. The van der Waals surface area contributed by atoms with E-state index in [1.165, 1.54) is 17.0 Å². The van der Waals surface area contributed by atoms with E-state index in [-0.39, 0.29) is 17.2 Å². The maximum absolute atomic E-state index is 11.8. The summed E-state index contributed by atoms with van der Waals surface area (Å²) in [7, 11) is 3.19. The Kier molecular flexibility index (Phi) is 3.69. The van der Waals surface area contributed by atoms with Crippen molar-refractivity contribution in [3.8, 4) is 0 Å². The van der Waals surface area contributed by atoms with E-state index in [0.717, 1.165) is 0 Å². The highest BCUT2D eigenvalue weighted by molar-refractivity contribution is 5.95. The third-order valence-electron chi connectivity index (χ3n) is 2.70. The molecular formula is C13H14N4O3. The van der Waals surface area contributed by atoms with Crippen molar-refractivity contribution in [3.05, 3.63) is 58.4 Å². The van der Waals surface area contributed by atoms with Gasteiger partial charge in [0.25, 0.3) is 11.6 Å². The van der Waals surface area contributed by atoms with E-state index in [9.17, 15) is 14.9 Å². The number of nitro groups is 1. The number of carbonyl (C=O) groups is 1. The first-order chi connectivity index (χ1) is 9.49. The molecule has 1 amide bonds. The van der Waals surface area contributed by atoms with E-state index in [2.05, 4.69) is 5.43 Å². The van der Waals surface area contributed by atoms with Crippen LogP contribution in [0.3, 0.4) is 0 Å². The highest BCUT2D eigenvalue weighted by atomic mass is 16.6. The van der Waals surface area contributed by atoms with Crippen molar-refractivity contribution in [2.45, 2.75) is 0 Å². The molecule has 0 bridgehead atoms. The van der Waals surface area contributed by atoms with E-state index in [1.54, 1.807) is 49.4 Å². The predicted octanol–water partition coefficient (Wildman–Crippen LogP) is 1.97. The van der Waals surface area contributed by atoms with Gasteiger partial charge in [0.2, 0.25) is 0 Å². The molecule has 0 unspecified atom stereocenters. The molecule has 0 aliphatic rings. The third kappa shape index (κ3) is 2.77. The van der Waals surface area contributed by atoms with Crippen LogP contribution in [0.1, 0.15) is 10.4 Å². The Bertz CT molecular complexity index is 635. The summed E-state index contributed by atoms with van der Waals surface area (Å²) in [4.78, 5) is 23.8. The van der Waals surface area contributed by atoms with Crippen molar-refractivity contribution in [2.24, 2.45) is 0 Å². The van der Waals surface area contributed by atoms with Gasteiger partial charge in [-0.3, -0.25) is 25.0 Å². The summed E-state index contributed by atoms with van der Waals surface area (Å²) in [5.74, 6) is -0.277. The fraction of sp³-hybridized carbons (Fsp3) is 0.154. The van der Waals surface area contributed by atoms with Gasteiger partial charge in [-0.2, -0.15) is 0 Å². The molecule has 2 aromatic rings. The van der Waals surface area contributed by atoms with Crippen molar-refractivity contribution < 1.29 is 9.72 Å². The second-order valence-electron chi connectivity index (χ2n) is 4.39. The molecule has 0 fully saturated rings. The summed E-state index contributed by atoms with van der Waals surface area (Å²) < 4.78 is 1.59. The number of nitro benzene ring substituents is 1. The lowest BCUT2D eigenvalue weighted by atomic mass is 10.1. The lowest BCUT2D eigenvalue weighted by Crippen LogP contribution is -2.21. The van der Waals surface area contributed by atoms with Gasteiger partial charge in [0.15, 0.2) is 0 Å². The van der Waals surface area contributed by atoms with Gasteiger partial charge in [-0.15, -0.1) is 0 Å². The van der Waals surface area contributed by atoms with Crippen molar-refractivity contribution in [2.75, 3.05) is 19.5 Å². The van der Waals surface area contributed by atoms with Crippen LogP contribution >= 0.6 is 0 Å². The Morgan fingerprint density at radius 2 is 1.95 bits per heavy atom. The van der Waals surface area contributed by atoms with Crippen LogP contribution in [0.15, 0.2) is 42.7 Å². The zero-order valence-electron chi connectivity index (χ0n) is 11.1. The summed E-state index contributed by atoms with van der Waals surface area (Å²) in [5, 5.41) is 11.1. The molecule has 1 aromatic carbocycles. The number of rotatable bonds is 4. The summed E-state index contributed by atoms with van der Waals surface area (Å²) in [5.41, 5.74) is 3.33. The van der Waals surface area contributed by atoms with Crippen LogP contribution in [-0.2, 0) is 0 Å². The minimum Gasteiger partial charge on any atom is -0.345 e. The standard InChI is InChI=1S/C13H14N4O3/c1-15(2)13(18)10-5-6-11(12(9-10)17(19)20)14-16-7-3-4-8-16/h3-9,14H,1-2H3. The molecule has 7 nitrogen and oxygen atoms in total. The lowest BCUT2D eigenvalue weighted by molar-refractivity contribution is -0.384. The van der Waals surface area contributed by atoms with Crippen molar-refractivity contribution >= 4 is 17.3 Å². The van der Waals surface area contributed by atoms with Crippen LogP contribution in [0, 0.1) is 10.1 Å². The lowest BCUT2D eigenvalue weighted by Gasteiger charge is -2.12. The van der Waals surface area contributed by atoms with Crippen LogP contribution < -0.4 is 5.43 Å². The van der Waals surface area contributed by atoms with Crippen molar-refractivity contribution in [1.82, 2.24) is 9.58 Å². The maximum Gasteiger partial charge on any atom is 0.294 e. The number of anilines is 1. The van der Waals surface area contributed by atoms with E-state index >= 15 is 0 Å². The average Bonchev–Trinajstić information content (AvgIpc) is 2.91. The molecule has 0 aliphatic carbocycles. The molecule has 0 saturated carbocycles. The molecule has 0 aliphatic heterocycles. The zero-order chi connectivity index (χ0) is 14.7. The SMILES string of the molecule is CN(C)C(=O)c1ccc(Nn2cccc2)c([N+](=O)[O-])c1. The summed E-state index contributed by atoms with van der Waals surface area (Å²) in [6.07, 6.45) is 3.45. The van der Waals surface area contributed by atoms with Gasteiger partial charge < -0.3 is 4.90 Å². The Labute approximate surface area is 115 Å². The molecule has 1 aromatic heterocycles. The minimum atomic E-state index is -0.516. The van der Waals surface area contributed by atoms with E-state index < -0.39 is 4.92 Å². The molecule has 7 heteroatoms. The van der Waals surface area contributed by atoms with Gasteiger partial charge >= 0.3 is 0 Å². The number of nitrogens with zero attached hydrogens (tertiary/aromatic N) is 3. The fourth-order valence-electron chi connectivity index (χ4n) is 1.72. The van der Waals surface area contributed by atoms with E-state index in [4.69, 9.17) is 0 Å². The second kappa shape index (κ2) is 5.43. The average molecular weight is 274 g/mol. The van der Waals surface area contributed by atoms with Crippen LogP contribution in [-0.4, -0.2) is 34.5 Å². The summed E-state index contributed by atoms with van der Waals surface area (Å²) in [6, 6.07) is 7.94. The molecule has 1 heterocycles. The predicted molar refractivity (Wildman–Crippen MR) is 74.6 cm³/mol. The molecule has 1 N–H and O–H groups in total. The van der Waals surface area contributed by atoms with Crippen LogP contribution in [0.25, 0.3) is 0 Å². The molecule has 0 atom stereocenters. The van der Waals surface area contributed by atoms with E-state index in [0.29, 0.717) is 5.69 Å². The van der Waals surface area contributed by atoms with Crippen molar-refractivity contribution in [3.63, 3.8) is 0 Å². The highest BCUT2D eigenvalue weighted by Crippen LogP contribution is 2.26. The summed E-state index contributed by atoms with van der Waals surface area (Å²) in [6.45, 7) is 0. The van der Waals surface area contributed by atoms with Crippen LogP contribution in [0.2, 0.25) is 0 Å². The Balaban J connectivity index is 2.38. The van der Waals surface area contributed by atoms with Gasteiger partial charge in [-0.1, -0.05) is 0 Å². The molecule has 0 radical (unpaired) electrons. The Morgan fingerprint density at radius 1 is 1.30 bits per heavy atom. The number of benzene rings is 1. The maximum atomic E-state index is 11.8. The first-order valence-corrected chi connectivity index (χ1v) is 5.89.